The van der Waals surface area contributed by atoms with Crippen LogP contribution < -0.4 is 5.73 Å². The number of rotatable bonds is 6. The van der Waals surface area contributed by atoms with Gasteiger partial charge in [-0.3, -0.25) is 4.68 Å². The molecule has 0 saturated carbocycles. The lowest BCUT2D eigenvalue weighted by molar-refractivity contribution is 0.0690. The van der Waals surface area contributed by atoms with E-state index >= 15 is 0 Å². The van der Waals surface area contributed by atoms with E-state index in [9.17, 15) is 4.79 Å². The molecule has 6 nitrogen and oxygen atoms in total. The minimum Gasteiger partial charge on any atom is -0.476 e. The highest BCUT2D eigenvalue weighted by Crippen LogP contribution is 2.08. The zero-order valence-corrected chi connectivity index (χ0v) is 9.28. The summed E-state index contributed by atoms with van der Waals surface area (Å²) in [4.78, 5) is 10.5. The Morgan fingerprint density at radius 1 is 1.80 bits per heavy atom. The molecule has 1 unspecified atom stereocenters. The average Bonchev–Trinajstić information content (AvgIpc) is 2.66. The molecule has 0 aliphatic rings. The summed E-state index contributed by atoms with van der Waals surface area (Å²) in [6, 6.07) is 0. The molecule has 15 heavy (non-hydrogen) atoms. The van der Waals surface area contributed by atoms with Gasteiger partial charge in [0.2, 0.25) is 0 Å². The number of hydrogen-bond acceptors (Lipinski definition) is 5. The number of nitrogens with zero attached hydrogens (tertiary/aromatic N) is 3. The normalized spacial score (nSPS) is 12.7. The molecule has 1 rings (SSSR count). The fraction of sp³-hybridized carbons (Fsp3) is 0.625. The third kappa shape index (κ3) is 3.88. The molecule has 0 saturated heterocycles. The molecule has 0 aromatic carbocycles. The van der Waals surface area contributed by atoms with Crippen molar-refractivity contribution in [3.63, 3.8) is 0 Å². The highest BCUT2D eigenvalue weighted by Gasteiger charge is 2.08. The summed E-state index contributed by atoms with van der Waals surface area (Å²) >= 11 is 1.73. The first-order chi connectivity index (χ1) is 7.13. The fourth-order valence-corrected chi connectivity index (χ4v) is 1.75. The third-order valence-corrected chi connectivity index (χ3v) is 2.99. The van der Waals surface area contributed by atoms with E-state index in [0.717, 1.165) is 5.75 Å². The van der Waals surface area contributed by atoms with Gasteiger partial charge < -0.3 is 10.8 Å². The zero-order chi connectivity index (χ0) is 11.3. The van der Waals surface area contributed by atoms with Crippen LogP contribution in [0.2, 0.25) is 0 Å². The van der Waals surface area contributed by atoms with Crippen molar-refractivity contribution in [3.8, 4) is 0 Å². The van der Waals surface area contributed by atoms with Gasteiger partial charge in [-0.15, -0.1) is 5.10 Å². The number of nitrogens with two attached hydrogens (primary N) is 1. The van der Waals surface area contributed by atoms with Crippen LogP contribution >= 0.6 is 11.8 Å². The maximum Gasteiger partial charge on any atom is 0.358 e. The molecule has 0 radical (unpaired) electrons. The summed E-state index contributed by atoms with van der Waals surface area (Å²) in [6.45, 7) is 3.34. The first-order valence-electron chi connectivity index (χ1n) is 4.58. The highest BCUT2D eigenvalue weighted by molar-refractivity contribution is 7.99. The average molecular weight is 230 g/mol. The Kier molecular flexibility index (Phi) is 4.57. The lowest BCUT2D eigenvalue weighted by Crippen LogP contribution is -2.14. The molecule has 84 valence electrons. The van der Waals surface area contributed by atoms with E-state index in [2.05, 4.69) is 17.2 Å². The van der Waals surface area contributed by atoms with Crippen LogP contribution in [-0.4, -0.2) is 43.6 Å². The van der Waals surface area contributed by atoms with Crippen LogP contribution in [0.1, 0.15) is 17.4 Å². The molecule has 1 aromatic heterocycles. The first kappa shape index (κ1) is 12.0. The van der Waals surface area contributed by atoms with Crippen molar-refractivity contribution in [2.75, 3.05) is 12.3 Å². The van der Waals surface area contributed by atoms with Gasteiger partial charge in [0.15, 0.2) is 5.69 Å². The number of aromatic nitrogens is 3. The highest BCUT2D eigenvalue weighted by atomic mass is 32.2. The lowest BCUT2D eigenvalue weighted by atomic mass is 10.5. The summed E-state index contributed by atoms with van der Waals surface area (Å²) in [7, 11) is 0. The van der Waals surface area contributed by atoms with Crippen molar-refractivity contribution in [2.45, 2.75) is 18.7 Å². The molecule has 0 aliphatic heterocycles. The van der Waals surface area contributed by atoms with Gasteiger partial charge in [-0.2, -0.15) is 11.8 Å². The maximum absolute atomic E-state index is 10.5. The number of aryl methyl sites for hydroxylation is 1. The van der Waals surface area contributed by atoms with Gasteiger partial charge in [0.05, 0.1) is 12.7 Å². The van der Waals surface area contributed by atoms with E-state index in [1.54, 1.807) is 11.8 Å². The third-order valence-electron chi connectivity index (χ3n) is 1.81. The van der Waals surface area contributed by atoms with E-state index in [-0.39, 0.29) is 5.69 Å². The first-order valence-corrected chi connectivity index (χ1v) is 5.63. The Morgan fingerprint density at radius 3 is 3.07 bits per heavy atom. The monoisotopic (exact) mass is 230 g/mol. The molecule has 1 heterocycles. The van der Waals surface area contributed by atoms with Gasteiger partial charge in [0.25, 0.3) is 0 Å². The largest absolute Gasteiger partial charge is 0.476 e. The second-order valence-corrected chi connectivity index (χ2v) is 4.64. The molecule has 0 aliphatic carbocycles. The van der Waals surface area contributed by atoms with Crippen LogP contribution in [0, 0.1) is 0 Å². The van der Waals surface area contributed by atoms with Crippen LogP contribution in [-0.2, 0) is 6.54 Å². The number of aromatic carboxylic acids is 1. The van der Waals surface area contributed by atoms with Crippen molar-refractivity contribution < 1.29 is 9.90 Å². The molecular formula is C8H14N4O2S. The van der Waals surface area contributed by atoms with Crippen molar-refractivity contribution >= 4 is 17.7 Å². The summed E-state index contributed by atoms with van der Waals surface area (Å²) < 4.78 is 1.53. The quantitative estimate of drug-likeness (QED) is 0.717. The number of carboxylic acid groups (broad SMARTS) is 1. The molecule has 1 atom stereocenters. The SMILES string of the molecule is CC(CN)SCCn1cc(C(=O)O)nn1. The predicted molar refractivity (Wildman–Crippen MR) is 58.0 cm³/mol. The molecule has 0 spiro atoms. The van der Waals surface area contributed by atoms with Gasteiger partial charge in [0, 0.05) is 17.5 Å². The van der Waals surface area contributed by atoms with E-state index in [4.69, 9.17) is 10.8 Å². The van der Waals surface area contributed by atoms with Crippen molar-refractivity contribution in [1.82, 2.24) is 15.0 Å². The van der Waals surface area contributed by atoms with E-state index < -0.39 is 5.97 Å². The topological polar surface area (TPSA) is 94.0 Å². The molecular weight excluding hydrogens is 216 g/mol. The Bertz CT molecular complexity index is 328. The van der Waals surface area contributed by atoms with Crippen molar-refractivity contribution in [2.24, 2.45) is 5.73 Å². The van der Waals surface area contributed by atoms with E-state index in [1.165, 1.54) is 10.9 Å². The number of carbonyl (C=O) groups is 1. The lowest BCUT2D eigenvalue weighted by Gasteiger charge is -2.06. The second-order valence-electron chi connectivity index (χ2n) is 3.09. The van der Waals surface area contributed by atoms with Gasteiger partial charge >= 0.3 is 5.97 Å². The van der Waals surface area contributed by atoms with E-state index in [0.29, 0.717) is 18.3 Å². The molecule has 0 fully saturated rings. The minimum atomic E-state index is -1.05. The summed E-state index contributed by atoms with van der Waals surface area (Å²) in [6.07, 6.45) is 1.43. The smallest absolute Gasteiger partial charge is 0.358 e. The van der Waals surface area contributed by atoms with Gasteiger partial charge in [-0.1, -0.05) is 12.1 Å². The Hall–Kier alpha value is -1.08. The molecule has 3 N–H and O–H groups in total. The Labute approximate surface area is 91.8 Å². The Balaban J connectivity index is 2.35. The van der Waals surface area contributed by atoms with Gasteiger partial charge in [-0.05, 0) is 0 Å². The van der Waals surface area contributed by atoms with Crippen LogP contribution in [0.25, 0.3) is 0 Å². The molecule has 0 amide bonds. The number of hydrogen-bond donors (Lipinski definition) is 2. The van der Waals surface area contributed by atoms with Crippen LogP contribution in [0.3, 0.4) is 0 Å². The number of carboxylic acids is 1. The maximum atomic E-state index is 10.5. The molecule has 1 aromatic rings. The van der Waals surface area contributed by atoms with Crippen LogP contribution in [0.4, 0.5) is 0 Å². The fourth-order valence-electron chi connectivity index (χ4n) is 0.921. The van der Waals surface area contributed by atoms with Crippen molar-refractivity contribution in [1.29, 1.82) is 0 Å². The standard InChI is InChI=1S/C8H14N4O2S/c1-6(4-9)15-3-2-12-5-7(8(13)14)10-11-12/h5-6H,2-4,9H2,1H3,(H,13,14). The molecule has 0 bridgehead atoms. The summed E-state index contributed by atoms with van der Waals surface area (Å²) in [5.74, 6) is -0.204. The summed E-state index contributed by atoms with van der Waals surface area (Å²) in [5.41, 5.74) is 5.44. The summed E-state index contributed by atoms with van der Waals surface area (Å²) in [5, 5.41) is 16.2. The van der Waals surface area contributed by atoms with E-state index in [1.807, 2.05) is 0 Å². The van der Waals surface area contributed by atoms with Crippen LogP contribution in [0.15, 0.2) is 6.20 Å². The minimum absolute atomic E-state index is 0.0214. The second kappa shape index (κ2) is 5.72. The predicted octanol–water partition coefficient (Wildman–Crippen LogP) is 0.0567. The van der Waals surface area contributed by atoms with Crippen molar-refractivity contribution in [3.05, 3.63) is 11.9 Å². The van der Waals surface area contributed by atoms with Crippen LogP contribution in [0.5, 0.6) is 0 Å². The zero-order valence-electron chi connectivity index (χ0n) is 8.46. The van der Waals surface area contributed by atoms with Gasteiger partial charge in [0.1, 0.15) is 0 Å². The molecule has 7 heteroatoms. The van der Waals surface area contributed by atoms with Gasteiger partial charge in [-0.25, -0.2) is 4.79 Å². The Morgan fingerprint density at radius 2 is 2.53 bits per heavy atom. The number of thioether (sulfide) groups is 1.